The lowest BCUT2D eigenvalue weighted by atomic mass is 9.86. The monoisotopic (exact) mass is 192 g/mol. The standard InChI is InChI=1S/C14H24/c1-4-13-8-10-14(11-9-13)7-5-6-12(2)3/h6,10,13H,4-5,7-9,11H2,1-3H3. The Labute approximate surface area is 89.1 Å². The van der Waals surface area contributed by atoms with Gasteiger partial charge in [-0.15, -0.1) is 0 Å². The third-order valence-corrected chi connectivity index (χ3v) is 3.21. The van der Waals surface area contributed by atoms with Crippen LogP contribution in [0.15, 0.2) is 23.3 Å². The van der Waals surface area contributed by atoms with Crippen molar-refractivity contribution in [2.75, 3.05) is 0 Å². The predicted octanol–water partition coefficient (Wildman–Crippen LogP) is 4.87. The second kappa shape index (κ2) is 6.06. The molecular weight excluding hydrogens is 168 g/mol. The van der Waals surface area contributed by atoms with E-state index in [1.54, 1.807) is 5.57 Å². The van der Waals surface area contributed by atoms with E-state index >= 15 is 0 Å². The molecule has 14 heavy (non-hydrogen) atoms. The Balaban J connectivity index is 2.26. The summed E-state index contributed by atoms with van der Waals surface area (Å²) in [6.45, 7) is 6.68. The highest BCUT2D eigenvalue weighted by Crippen LogP contribution is 2.28. The lowest BCUT2D eigenvalue weighted by Gasteiger charge is -2.20. The number of hydrogen-bond acceptors (Lipinski definition) is 0. The Bertz CT molecular complexity index is 216. The van der Waals surface area contributed by atoms with Crippen molar-refractivity contribution >= 4 is 0 Å². The van der Waals surface area contributed by atoms with Crippen molar-refractivity contribution in [3.63, 3.8) is 0 Å². The van der Waals surface area contributed by atoms with Gasteiger partial charge in [0.1, 0.15) is 0 Å². The van der Waals surface area contributed by atoms with Crippen molar-refractivity contribution in [2.24, 2.45) is 5.92 Å². The Kier molecular flexibility index (Phi) is 5.00. The summed E-state index contributed by atoms with van der Waals surface area (Å²) in [5.41, 5.74) is 3.15. The van der Waals surface area contributed by atoms with Crippen LogP contribution in [0.4, 0.5) is 0 Å². The maximum atomic E-state index is 2.50. The summed E-state index contributed by atoms with van der Waals surface area (Å²) >= 11 is 0. The zero-order valence-electron chi connectivity index (χ0n) is 9.97. The molecule has 0 aromatic rings. The molecule has 0 nitrogen and oxygen atoms in total. The average molecular weight is 192 g/mol. The molecule has 0 amide bonds. The lowest BCUT2D eigenvalue weighted by molar-refractivity contribution is 0.451. The van der Waals surface area contributed by atoms with Gasteiger partial charge in [0, 0.05) is 0 Å². The largest absolute Gasteiger partial charge is 0.0856 e. The number of rotatable bonds is 4. The van der Waals surface area contributed by atoms with Gasteiger partial charge >= 0.3 is 0 Å². The third kappa shape index (κ3) is 4.13. The molecule has 0 heterocycles. The van der Waals surface area contributed by atoms with Gasteiger partial charge in [0.25, 0.3) is 0 Å². The first-order valence-electron chi connectivity index (χ1n) is 6.03. The maximum absolute atomic E-state index is 2.50. The molecule has 1 aliphatic carbocycles. The second-order valence-electron chi connectivity index (χ2n) is 4.73. The summed E-state index contributed by atoms with van der Waals surface area (Å²) in [5, 5.41) is 0. The molecular formula is C14H24. The van der Waals surface area contributed by atoms with Gasteiger partial charge in [-0.2, -0.15) is 0 Å². The lowest BCUT2D eigenvalue weighted by Crippen LogP contribution is -2.04. The van der Waals surface area contributed by atoms with Gasteiger partial charge in [0.15, 0.2) is 0 Å². The number of allylic oxidation sites excluding steroid dienone is 4. The van der Waals surface area contributed by atoms with Crippen LogP contribution < -0.4 is 0 Å². The fourth-order valence-corrected chi connectivity index (χ4v) is 2.09. The first-order valence-corrected chi connectivity index (χ1v) is 6.03. The van der Waals surface area contributed by atoms with Crippen molar-refractivity contribution in [2.45, 2.75) is 59.3 Å². The first kappa shape index (κ1) is 11.6. The molecule has 0 aromatic carbocycles. The minimum Gasteiger partial charge on any atom is -0.0856 e. The zero-order valence-corrected chi connectivity index (χ0v) is 9.97. The van der Waals surface area contributed by atoms with Crippen LogP contribution >= 0.6 is 0 Å². The van der Waals surface area contributed by atoms with Crippen LogP contribution in [0.5, 0.6) is 0 Å². The minimum absolute atomic E-state index is 0.974. The molecule has 1 atom stereocenters. The Morgan fingerprint density at radius 1 is 1.50 bits per heavy atom. The molecule has 80 valence electrons. The zero-order chi connectivity index (χ0) is 10.4. The van der Waals surface area contributed by atoms with Gasteiger partial charge in [0.05, 0.1) is 0 Å². The molecule has 0 saturated heterocycles. The van der Waals surface area contributed by atoms with Crippen molar-refractivity contribution < 1.29 is 0 Å². The van der Waals surface area contributed by atoms with Gasteiger partial charge in [-0.1, -0.05) is 36.6 Å². The Hall–Kier alpha value is -0.520. The molecule has 1 rings (SSSR count). The smallest absolute Gasteiger partial charge is 0.0285 e. The Morgan fingerprint density at radius 3 is 2.79 bits per heavy atom. The van der Waals surface area contributed by atoms with Gasteiger partial charge in [-0.05, 0) is 51.9 Å². The van der Waals surface area contributed by atoms with Gasteiger partial charge in [-0.25, -0.2) is 0 Å². The van der Waals surface area contributed by atoms with Crippen LogP contribution in [0.1, 0.15) is 59.3 Å². The molecule has 0 bridgehead atoms. The van der Waals surface area contributed by atoms with E-state index in [0.29, 0.717) is 0 Å². The van der Waals surface area contributed by atoms with Crippen LogP contribution in [-0.2, 0) is 0 Å². The number of hydrogen-bond donors (Lipinski definition) is 0. The molecule has 0 radical (unpaired) electrons. The second-order valence-corrected chi connectivity index (χ2v) is 4.73. The van der Waals surface area contributed by atoms with E-state index in [0.717, 1.165) is 5.92 Å². The third-order valence-electron chi connectivity index (χ3n) is 3.21. The molecule has 0 heteroatoms. The molecule has 0 aromatic heterocycles. The SMILES string of the molecule is CCC1CC=C(CCC=C(C)C)CC1. The van der Waals surface area contributed by atoms with Crippen LogP contribution in [0.25, 0.3) is 0 Å². The first-order chi connectivity index (χ1) is 6.72. The molecule has 0 fully saturated rings. The topological polar surface area (TPSA) is 0 Å². The van der Waals surface area contributed by atoms with Gasteiger partial charge in [-0.3, -0.25) is 0 Å². The molecule has 1 unspecified atom stereocenters. The highest BCUT2D eigenvalue weighted by Gasteiger charge is 2.11. The molecule has 0 N–H and O–H groups in total. The van der Waals surface area contributed by atoms with E-state index in [-0.39, 0.29) is 0 Å². The van der Waals surface area contributed by atoms with Crippen molar-refractivity contribution in [1.82, 2.24) is 0 Å². The summed E-state index contributed by atoms with van der Waals surface area (Å²) in [6.07, 6.45) is 12.9. The summed E-state index contributed by atoms with van der Waals surface area (Å²) in [7, 11) is 0. The molecule has 0 saturated carbocycles. The molecule has 1 aliphatic rings. The quantitative estimate of drug-likeness (QED) is 0.557. The van der Waals surface area contributed by atoms with Crippen molar-refractivity contribution in [3.05, 3.63) is 23.3 Å². The summed E-state index contributed by atoms with van der Waals surface area (Å²) < 4.78 is 0. The Morgan fingerprint density at radius 2 is 2.29 bits per heavy atom. The van der Waals surface area contributed by atoms with Crippen LogP contribution in [0.2, 0.25) is 0 Å². The fraction of sp³-hybridized carbons (Fsp3) is 0.714. The predicted molar refractivity (Wildman–Crippen MR) is 64.4 cm³/mol. The molecule has 0 spiro atoms. The van der Waals surface area contributed by atoms with Crippen LogP contribution in [0, 0.1) is 5.92 Å². The summed E-state index contributed by atoms with van der Waals surface area (Å²) in [4.78, 5) is 0. The van der Waals surface area contributed by atoms with E-state index in [9.17, 15) is 0 Å². The molecule has 0 aliphatic heterocycles. The van der Waals surface area contributed by atoms with E-state index in [1.165, 1.54) is 44.1 Å². The van der Waals surface area contributed by atoms with Crippen molar-refractivity contribution in [1.29, 1.82) is 0 Å². The highest BCUT2D eigenvalue weighted by molar-refractivity contribution is 5.08. The normalized spacial score (nSPS) is 21.6. The van der Waals surface area contributed by atoms with Gasteiger partial charge in [0.2, 0.25) is 0 Å². The van der Waals surface area contributed by atoms with Crippen LogP contribution in [0.3, 0.4) is 0 Å². The maximum Gasteiger partial charge on any atom is -0.0285 e. The van der Waals surface area contributed by atoms with E-state index < -0.39 is 0 Å². The fourth-order valence-electron chi connectivity index (χ4n) is 2.09. The minimum atomic E-state index is 0.974. The van der Waals surface area contributed by atoms with Crippen molar-refractivity contribution in [3.8, 4) is 0 Å². The van der Waals surface area contributed by atoms with E-state index in [4.69, 9.17) is 0 Å². The van der Waals surface area contributed by atoms with Gasteiger partial charge < -0.3 is 0 Å². The van der Waals surface area contributed by atoms with E-state index in [1.807, 2.05) is 0 Å². The van der Waals surface area contributed by atoms with E-state index in [2.05, 4.69) is 32.9 Å². The van der Waals surface area contributed by atoms with Crippen LogP contribution in [-0.4, -0.2) is 0 Å². The summed E-state index contributed by atoms with van der Waals surface area (Å²) in [6, 6.07) is 0. The highest BCUT2D eigenvalue weighted by atomic mass is 14.2. The average Bonchev–Trinajstić information content (AvgIpc) is 2.18. The summed E-state index contributed by atoms with van der Waals surface area (Å²) in [5.74, 6) is 0.974.